The number of nitrogens with one attached hydrogen (secondary N) is 1. The maximum atomic E-state index is 5.58. The molecular formula is C8H11N5S. The molecule has 0 atom stereocenters. The monoisotopic (exact) mass is 209 g/mol. The van der Waals surface area contributed by atoms with E-state index in [4.69, 9.17) is 5.73 Å². The first-order valence-electron chi connectivity index (χ1n) is 4.30. The van der Waals surface area contributed by atoms with Crippen molar-refractivity contribution < 1.29 is 0 Å². The van der Waals surface area contributed by atoms with Crippen LogP contribution < -0.4 is 5.73 Å². The van der Waals surface area contributed by atoms with Crippen LogP contribution in [0, 0.1) is 0 Å². The maximum absolute atomic E-state index is 5.58. The Morgan fingerprint density at radius 1 is 1.43 bits per heavy atom. The van der Waals surface area contributed by atoms with Gasteiger partial charge in [-0.05, 0) is 0 Å². The molecule has 0 aliphatic heterocycles. The van der Waals surface area contributed by atoms with E-state index in [0.717, 1.165) is 10.4 Å². The van der Waals surface area contributed by atoms with Crippen molar-refractivity contribution in [3.8, 4) is 0 Å². The SMILES string of the molecule is CC(C)Sc1nc(N)nc2[nH]ncc12. The predicted molar refractivity (Wildman–Crippen MR) is 57.1 cm³/mol. The van der Waals surface area contributed by atoms with Crippen LogP contribution in [0.1, 0.15) is 13.8 Å². The van der Waals surface area contributed by atoms with Crippen LogP contribution >= 0.6 is 11.8 Å². The third-order valence-corrected chi connectivity index (χ3v) is 2.65. The van der Waals surface area contributed by atoms with Gasteiger partial charge in [-0.15, -0.1) is 11.8 Å². The Morgan fingerprint density at radius 3 is 2.93 bits per heavy atom. The average Bonchev–Trinajstić information content (AvgIpc) is 2.50. The highest BCUT2D eigenvalue weighted by Gasteiger charge is 2.09. The number of anilines is 1. The Bertz CT molecular complexity index is 450. The van der Waals surface area contributed by atoms with Gasteiger partial charge in [0.25, 0.3) is 0 Å². The average molecular weight is 209 g/mol. The largest absolute Gasteiger partial charge is 0.368 e. The molecule has 0 radical (unpaired) electrons. The van der Waals surface area contributed by atoms with Gasteiger partial charge in [-0.25, -0.2) is 4.98 Å². The van der Waals surface area contributed by atoms with Crippen LogP contribution in [0.2, 0.25) is 0 Å². The van der Waals surface area contributed by atoms with Crippen LogP contribution in [-0.4, -0.2) is 25.4 Å². The highest BCUT2D eigenvalue weighted by atomic mass is 32.2. The molecule has 0 bridgehead atoms. The molecule has 6 heteroatoms. The number of fused-ring (bicyclic) bond motifs is 1. The van der Waals surface area contributed by atoms with Gasteiger partial charge >= 0.3 is 0 Å². The smallest absolute Gasteiger partial charge is 0.223 e. The summed E-state index contributed by atoms with van der Waals surface area (Å²) in [5.74, 6) is 0.282. The van der Waals surface area contributed by atoms with Crippen molar-refractivity contribution in [3.05, 3.63) is 6.20 Å². The summed E-state index contributed by atoms with van der Waals surface area (Å²) in [6.45, 7) is 4.21. The molecule has 2 aromatic rings. The zero-order valence-electron chi connectivity index (χ0n) is 7.98. The molecule has 0 fully saturated rings. The number of hydrogen-bond acceptors (Lipinski definition) is 5. The zero-order valence-corrected chi connectivity index (χ0v) is 8.80. The van der Waals surface area contributed by atoms with E-state index in [-0.39, 0.29) is 5.95 Å². The summed E-state index contributed by atoms with van der Waals surface area (Å²) in [6.07, 6.45) is 1.72. The van der Waals surface area contributed by atoms with Crippen molar-refractivity contribution in [2.45, 2.75) is 24.1 Å². The van der Waals surface area contributed by atoms with Crippen LogP contribution in [0.4, 0.5) is 5.95 Å². The minimum atomic E-state index is 0.282. The van der Waals surface area contributed by atoms with Gasteiger partial charge in [0.1, 0.15) is 5.03 Å². The molecule has 74 valence electrons. The molecule has 2 rings (SSSR count). The molecule has 0 aliphatic carbocycles. The number of hydrogen-bond donors (Lipinski definition) is 2. The molecule has 0 spiro atoms. The Balaban J connectivity index is 2.55. The van der Waals surface area contributed by atoms with E-state index < -0.39 is 0 Å². The van der Waals surface area contributed by atoms with E-state index in [1.165, 1.54) is 0 Å². The molecular weight excluding hydrogens is 198 g/mol. The standard InChI is InChI=1S/C8H11N5S/c1-4(2)14-7-5-3-10-13-6(5)11-8(9)12-7/h3-4H,1-2H3,(H3,9,10,11,12,13). The molecule has 2 heterocycles. The number of nitrogen functional groups attached to an aromatic ring is 1. The summed E-state index contributed by atoms with van der Waals surface area (Å²) in [6, 6.07) is 0. The van der Waals surface area contributed by atoms with E-state index in [1.54, 1.807) is 18.0 Å². The van der Waals surface area contributed by atoms with Gasteiger partial charge < -0.3 is 5.73 Å². The summed E-state index contributed by atoms with van der Waals surface area (Å²) >= 11 is 1.66. The van der Waals surface area contributed by atoms with Crippen molar-refractivity contribution in [1.29, 1.82) is 0 Å². The van der Waals surface area contributed by atoms with E-state index in [0.29, 0.717) is 10.9 Å². The molecule has 0 saturated heterocycles. The van der Waals surface area contributed by atoms with Crippen molar-refractivity contribution >= 4 is 28.7 Å². The zero-order chi connectivity index (χ0) is 10.1. The number of thioether (sulfide) groups is 1. The van der Waals surface area contributed by atoms with Crippen LogP contribution in [-0.2, 0) is 0 Å². The fourth-order valence-electron chi connectivity index (χ4n) is 1.14. The lowest BCUT2D eigenvalue weighted by atomic mass is 10.4. The molecule has 0 saturated carbocycles. The van der Waals surface area contributed by atoms with Crippen molar-refractivity contribution in [1.82, 2.24) is 20.2 Å². The maximum Gasteiger partial charge on any atom is 0.223 e. The lowest BCUT2D eigenvalue weighted by Gasteiger charge is -2.04. The van der Waals surface area contributed by atoms with Gasteiger partial charge in [0, 0.05) is 5.25 Å². The van der Waals surface area contributed by atoms with Crippen LogP contribution in [0.5, 0.6) is 0 Å². The molecule has 0 aromatic carbocycles. The third-order valence-electron chi connectivity index (χ3n) is 1.64. The van der Waals surface area contributed by atoms with Gasteiger partial charge in [0.15, 0.2) is 5.65 Å². The second-order valence-electron chi connectivity index (χ2n) is 3.19. The predicted octanol–water partition coefficient (Wildman–Crippen LogP) is 1.44. The fourth-order valence-corrected chi connectivity index (χ4v) is 2.01. The topological polar surface area (TPSA) is 80.5 Å². The second kappa shape index (κ2) is 3.45. The molecule has 14 heavy (non-hydrogen) atoms. The van der Waals surface area contributed by atoms with E-state index in [9.17, 15) is 0 Å². The summed E-state index contributed by atoms with van der Waals surface area (Å²) < 4.78 is 0. The summed E-state index contributed by atoms with van der Waals surface area (Å²) in [5, 5.41) is 8.97. The van der Waals surface area contributed by atoms with Crippen molar-refractivity contribution in [2.75, 3.05) is 5.73 Å². The highest BCUT2D eigenvalue weighted by molar-refractivity contribution is 8.00. The van der Waals surface area contributed by atoms with Crippen LogP contribution in [0.15, 0.2) is 11.2 Å². The number of rotatable bonds is 2. The Labute approximate surface area is 85.5 Å². The molecule has 3 N–H and O–H groups in total. The number of nitrogens with zero attached hydrogens (tertiary/aromatic N) is 3. The van der Waals surface area contributed by atoms with E-state index in [2.05, 4.69) is 34.0 Å². The summed E-state index contributed by atoms with van der Waals surface area (Å²) in [7, 11) is 0. The lowest BCUT2D eigenvalue weighted by molar-refractivity contribution is 1.06. The lowest BCUT2D eigenvalue weighted by Crippen LogP contribution is -1.98. The quantitative estimate of drug-likeness (QED) is 0.577. The number of H-pyrrole nitrogens is 1. The second-order valence-corrected chi connectivity index (χ2v) is 4.75. The number of aromatic nitrogens is 4. The molecule has 5 nitrogen and oxygen atoms in total. The first kappa shape index (κ1) is 9.26. The fraction of sp³-hybridized carbons (Fsp3) is 0.375. The van der Waals surface area contributed by atoms with E-state index >= 15 is 0 Å². The van der Waals surface area contributed by atoms with Crippen LogP contribution in [0.3, 0.4) is 0 Å². The first-order valence-corrected chi connectivity index (χ1v) is 5.18. The van der Waals surface area contributed by atoms with Gasteiger partial charge in [0.05, 0.1) is 11.6 Å². The molecule has 0 amide bonds. The van der Waals surface area contributed by atoms with Crippen LogP contribution in [0.25, 0.3) is 11.0 Å². The Kier molecular flexibility index (Phi) is 2.28. The normalized spacial score (nSPS) is 11.4. The number of aromatic amines is 1. The molecule has 0 unspecified atom stereocenters. The third kappa shape index (κ3) is 1.65. The van der Waals surface area contributed by atoms with Crippen molar-refractivity contribution in [3.63, 3.8) is 0 Å². The van der Waals surface area contributed by atoms with E-state index in [1.807, 2.05) is 0 Å². The van der Waals surface area contributed by atoms with Gasteiger partial charge in [-0.3, -0.25) is 5.10 Å². The van der Waals surface area contributed by atoms with Crippen molar-refractivity contribution in [2.24, 2.45) is 0 Å². The molecule has 0 aliphatic rings. The van der Waals surface area contributed by atoms with Gasteiger partial charge in [0.2, 0.25) is 5.95 Å². The first-order chi connectivity index (χ1) is 6.66. The summed E-state index contributed by atoms with van der Waals surface area (Å²) in [5.41, 5.74) is 6.27. The molecule has 2 aromatic heterocycles. The minimum Gasteiger partial charge on any atom is -0.368 e. The Hall–Kier alpha value is -1.30. The minimum absolute atomic E-state index is 0.282. The Morgan fingerprint density at radius 2 is 2.21 bits per heavy atom. The van der Waals surface area contributed by atoms with Gasteiger partial charge in [-0.1, -0.05) is 13.8 Å². The summed E-state index contributed by atoms with van der Waals surface area (Å²) in [4.78, 5) is 8.22. The van der Waals surface area contributed by atoms with Gasteiger partial charge in [-0.2, -0.15) is 10.1 Å². The number of nitrogens with two attached hydrogens (primary N) is 1. The highest BCUT2D eigenvalue weighted by Crippen LogP contribution is 2.27.